The molecule has 0 aliphatic carbocycles. The minimum atomic E-state index is -0.103. The topological polar surface area (TPSA) is 213 Å². The van der Waals surface area contributed by atoms with Crippen LogP contribution in [0.25, 0.3) is 30.4 Å². The minimum absolute atomic E-state index is 0. The van der Waals surface area contributed by atoms with Gasteiger partial charge in [-0.15, -0.1) is 11.3 Å². The van der Waals surface area contributed by atoms with Crippen LogP contribution in [0.2, 0.25) is 0 Å². The molecule has 0 bridgehead atoms. The van der Waals surface area contributed by atoms with Crippen LogP contribution in [0, 0.1) is 27.7 Å². The number of pyridine rings is 2. The summed E-state index contributed by atoms with van der Waals surface area (Å²) in [5, 5.41) is 1.97. The van der Waals surface area contributed by atoms with E-state index >= 15 is 0 Å². The maximum absolute atomic E-state index is 12.4. The van der Waals surface area contributed by atoms with E-state index in [1.54, 1.807) is 95.0 Å². The van der Waals surface area contributed by atoms with Gasteiger partial charge < -0.3 is 24.0 Å². The Morgan fingerprint density at radius 3 is 0.885 bits per heavy atom. The first-order chi connectivity index (χ1) is 49.0. The molecule has 0 spiro atoms. The van der Waals surface area contributed by atoms with Crippen molar-refractivity contribution in [2.75, 3.05) is 32.7 Å². The molecule has 5 fully saturated rings. The summed E-state index contributed by atoms with van der Waals surface area (Å²) in [7, 11) is 0. The number of aromatic nitrogens is 2. The molecule has 5 aromatic rings. The van der Waals surface area contributed by atoms with Gasteiger partial charge in [0.05, 0.1) is 35.9 Å². The third-order valence-corrected chi connectivity index (χ3v) is 23.0. The van der Waals surface area contributed by atoms with Crippen LogP contribution in [0.1, 0.15) is 156 Å². The van der Waals surface area contributed by atoms with Gasteiger partial charge in [0.25, 0.3) is 29.5 Å². The van der Waals surface area contributed by atoms with Crippen LogP contribution in [0.3, 0.4) is 0 Å². The van der Waals surface area contributed by atoms with E-state index in [-0.39, 0.29) is 65.9 Å². The van der Waals surface area contributed by atoms with Crippen LogP contribution in [-0.4, -0.2) is 147 Å². The minimum Gasteiger partial charge on any atom is -0.300 e. The van der Waals surface area contributed by atoms with Gasteiger partial charge in [-0.05, 0) is 194 Å². The van der Waals surface area contributed by atoms with E-state index in [9.17, 15) is 47.9 Å². The fourth-order valence-corrected chi connectivity index (χ4v) is 16.8. The second kappa shape index (κ2) is 44.2. The monoisotopic (exact) mass is 1610 g/mol. The third kappa shape index (κ3) is 28.4. The number of thioether (sulfide) groups is 5. The molecule has 5 aliphatic rings. The summed E-state index contributed by atoms with van der Waals surface area (Å²) < 4.78 is 2.81. The highest BCUT2D eigenvalue weighted by atomic mass is 32.2. The number of amides is 5. The molecule has 0 atom stereocenters. The Bertz CT molecular complexity index is 4030. The van der Waals surface area contributed by atoms with Gasteiger partial charge in [-0.2, -0.15) is 0 Å². The lowest BCUT2D eigenvalue weighted by atomic mass is 10.1. The molecule has 10 rings (SSSR count). The van der Waals surface area contributed by atoms with Gasteiger partial charge in [-0.3, -0.25) is 58.4 Å². The molecule has 5 aliphatic heterocycles. The van der Waals surface area contributed by atoms with E-state index in [1.807, 2.05) is 84.3 Å². The van der Waals surface area contributed by atoms with Crippen molar-refractivity contribution in [2.45, 2.75) is 134 Å². The van der Waals surface area contributed by atoms with E-state index in [0.29, 0.717) is 143 Å². The van der Waals surface area contributed by atoms with Gasteiger partial charge in [0.15, 0.2) is 0 Å². The molecular formula is C76H83N7O10S11. The molecule has 104 heavy (non-hydrogen) atoms. The highest BCUT2D eigenvalue weighted by molar-refractivity contribution is 8.28. The molecule has 5 amide bonds. The van der Waals surface area contributed by atoms with Crippen molar-refractivity contribution in [3.63, 3.8) is 0 Å². The van der Waals surface area contributed by atoms with Crippen LogP contribution < -0.4 is 0 Å². The standard InChI is InChI=1S/2C17H19NO2S2.2C14H14N2O2S2.C13H13NO2S3.CH4/c2*1-11-6-7-14(9-12(11)2)10-15-16(20)18(17(21)22-15)8-4-5-13(3)19;2*1-10(17)5-4-8-16-13(18)12(20-14(16)19)9-11-6-2-3-7-15-11;1-9(15)4-2-6-14-12(16)11(19-13(14)17)8-10-5-3-7-18-10;/h2*6-7,9-10H,4-5,8H2,1-3H3;2*2-3,6-7,9H,4-5,8H2,1H3;3,5,7-8H,2,4,6H2,1H3;1H4/b2*15-10-;2*12-9-;11-8-;. The number of carbonyl (C=O) groups excluding carboxylic acids is 10. The van der Waals surface area contributed by atoms with E-state index in [0.717, 1.165) is 27.4 Å². The van der Waals surface area contributed by atoms with Gasteiger partial charge in [-0.1, -0.05) is 182 Å². The first-order valence-electron chi connectivity index (χ1n) is 32.7. The van der Waals surface area contributed by atoms with Crippen molar-refractivity contribution in [1.29, 1.82) is 0 Å². The molecule has 5 saturated heterocycles. The van der Waals surface area contributed by atoms with Crippen molar-refractivity contribution < 1.29 is 47.9 Å². The van der Waals surface area contributed by atoms with E-state index < -0.39 is 0 Å². The Kier molecular flexibility index (Phi) is 37.3. The Morgan fingerprint density at radius 2 is 0.644 bits per heavy atom. The predicted molar refractivity (Wildman–Crippen MR) is 450 cm³/mol. The number of rotatable bonds is 25. The molecule has 3 aromatic heterocycles. The summed E-state index contributed by atoms with van der Waals surface area (Å²) in [5.41, 5.74) is 8.34. The maximum Gasteiger partial charge on any atom is 0.266 e. The Hall–Kier alpha value is -6.96. The highest BCUT2D eigenvalue weighted by Gasteiger charge is 2.36. The van der Waals surface area contributed by atoms with Crippen LogP contribution in [0.15, 0.2) is 127 Å². The zero-order chi connectivity index (χ0) is 75.4. The number of ketones is 5. The van der Waals surface area contributed by atoms with Gasteiger partial charge >= 0.3 is 0 Å². The average Bonchev–Trinajstić information content (AvgIpc) is 1.75. The summed E-state index contributed by atoms with van der Waals surface area (Å²) in [5.74, 6) is 0.287. The SMILES string of the molecule is C.CC(=O)CCCN1C(=O)/C(=C/c2ccc(C)c(C)c2)SC1=S.CC(=O)CCCN1C(=O)/C(=C/c2ccc(C)c(C)c2)SC1=S.CC(=O)CCCN1C(=O)/C(=C/c2ccccn2)SC1=S.CC(=O)CCCN1C(=O)/C(=C/c2ccccn2)SC1=S.CC(=O)CCCN1C(=O)/C(=C/c2cccs2)SC1=S. The Labute approximate surface area is 661 Å². The summed E-state index contributed by atoms with van der Waals surface area (Å²) in [4.78, 5) is 137. The predicted octanol–water partition coefficient (Wildman–Crippen LogP) is 17.0. The Morgan fingerprint density at radius 1 is 0.365 bits per heavy atom. The first-order valence-corrected chi connectivity index (χ1v) is 39.7. The molecule has 548 valence electrons. The zero-order valence-electron chi connectivity index (χ0n) is 58.5. The van der Waals surface area contributed by atoms with Crippen molar-refractivity contribution in [1.82, 2.24) is 34.5 Å². The lowest BCUT2D eigenvalue weighted by Crippen LogP contribution is -2.29. The normalized spacial score (nSPS) is 16.8. The number of benzene rings is 2. The molecule has 0 unspecified atom stereocenters. The number of hydrogen-bond acceptors (Lipinski definition) is 23. The van der Waals surface area contributed by atoms with Crippen LogP contribution in [0.5, 0.6) is 0 Å². The molecule has 2 aromatic carbocycles. The van der Waals surface area contributed by atoms with Crippen molar-refractivity contribution in [2.24, 2.45) is 0 Å². The van der Waals surface area contributed by atoms with Gasteiger partial charge in [-0.25, -0.2) is 0 Å². The van der Waals surface area contributed by atoms with Crippen molar-refractivity contribution in [3.8, 4) is 0 Å². The number of thiocarbonyl (C=S) groups is 5. The summed E-state index contributed by atoms with van der Waals surface area (Å²) in [6, 6.07) is 27.2. The van der Waals surface area contributed by atoms with E-state index in [1.165, 1.54) is 81.1 Å². The number of thiophene rings is 1. The molecule has 0 saturated carbocycles. The summed E-state index contributed by atoms with van der Waals surface area (Å²) in [6.07, 6.45) is 18.1. The molecule has 8 heterocycles. The van der Waals surface area contributed by atoms with Gasteiger partial charge in [0, 0.05) is 82.1 Å². The number of carbonyl (C=O) groups is 10. The maximum atomic E-state index is 12.4. The number of nitrogens with zero attached hydrogens (tertiary/aromatic N) is 7. The summed E-state index contributed by atoms with van der Waals surface area (Å²) in [6.45, 7) is 18.5. The van der Waals surface area contributed by atoms with E-state index in [4.69, 9.17) is 61.1 Å². The summed E-state index contributed by atoms with van der Waals surface area (Å²) >= 11 is 34.3. The molecule has 28 heteroatoms. The first kappa shape index (κ1) is 87.7. The second-order valence-electron chi connectivity index (χ2n) is 23.9. The van der Waals surface area contributed by atoms with Crippen molar-refractivity contribution in [3.05, 3.63) is 177 Å². The van der Waals surface area contributed by atoms with Crippen molar-refractivity contribution >= 4 is 242 Å². The second-order valence-corrected chi connectivity index (χ2v) is 33.3. The van der Waals surface area contributed by atoms with Crippen LogP contribution >= 0.6 is 131 Å². The van der Waals surface area contributed by atoms with Crippen LogP contribution in [0.4, 0.5) is 0 Å². The lowest BCUT2D eigenvalue weighted by Gasteiger charge is -2.13. The van der Waals surface area contributed by atoms with Crippen LogP contribution in [-0.2, 0) is 47.9 Å². The number of aryl methyl sites for hydroxylation is 4. The molecule has 17 nitrogen and oxygen atoms in total. The third-order valence-electron chi connectivity index (χ3n) is 15.3. The molecule has 0 N–H and O–H groups in total. The fourth-order valence-electron chi connectivity index (χ4n) is 9.60. The number of Topliss-reactive ketones (excluding diaryl/α,β-unsaturated/α-hetero) is 5. The zero-order valence-corrected chi connectivity index (χ0v) is 67.5. The van der Waals surface area contributed by atoms with E-state index in [2.05, 4.69) is 61.9 Å². The number of hydrogen-bond donors (Lipinski definition) is 0. The Balaban J connectivity index is 0.000000233. The molecular weight excluding hydrogens is 1520 g/mol. The average molecular weight is 1610 g/mol. The smallest absolute Gasteiger partial charge is 0.266 e. The van der Waals surface area contributed by atoms with Gasteiger partial charge in [0.2, 0.25) is 0 Å². The highest BCUT2D eigenvalue weighted by Crippen LogP contribution is 2.37. The largest absolute Gasteiger partial charge is 0.300 e. The quantitative estimate of drug-likeness (QED) is 0.0392. The van der Waals surface area contributed by atoms with Gasteiger partial charge in [0.1, 0.15) is 50.5 Å². The lowest BCUT2D eigenvalue weighted by molar-refractivity contribution is -0.123. The fraction of sp³-hybridized carbons (Fsp3) is 0.329. The molecule has 0 radical (unpaired) electrons.